The molecule has 0 aliphatic carbocycles. The highest BCUT2D eigenvalue weighted by Crippen LogP contribution is 2.21. The SMILES string of the molecule is CCCc1nnc2cc(-c3ccnc(Nc4ccnn4C)n3)ccn12. The van der Waals surface area contributed by atoms with Gasteiger partial charge in [0, 0.05) is 37.5 Å². The summed E-state index contributed by atoms with van der Waals surface area (Å²) in [5, 5.41) is 15.8. The molecule has 4 aromatic rings. The first kappa shape index (κ1) is 15.3. The first-order valence-corrected chi connectivity index (χ1v) is 8.16. The highest BCUT2D eigenvalue weighted by molar-refractivity contribution is 5.65. The number of aromatic nitrogens is 7. The molecule has 0 aromatic carbocycles. The van der Waals surface area contributed by atoms with E-state index in [1.807, 2.05) is 41.9 Å². The molecular weight excluding hydrogens is 316 g/mol. The Labute approximate surface area is 144 Å². The predicted molar refractivity (Wildman–Crippen MR) is 94.5 cm³/mol. The minimum Gasteiger partial charge on any atom is -0.309 e. The van der Waals surface area contributed by atoms with Gasteiger partial charge >= 0.3 is 0 Å². The van der Waals surface area contributed by atoms with Gasteiger partial charge in [-0.1, -0.05) is 6.92 Å². The summed E-state index contributed by atoms with van der Waals surface area (Å²) in [6, 6.07) is 7.76. The van der Waals surface area contributed by atoms with Gasteiger partial charge in [0.05, 0.1) is 11.9 Å². The van der Waals surface area contributed by atoms with Crippen molar-refractivity contribution in [1.29, 1.82) is 0 Å². The molecule has 126 valence electrons. The second-order valence-corrected chi connectivity index (χ2v) is 5.74. The molecule has 4 rings (SSSR count). The van der Waals surface area contributed by atoms with Crippen LogP contribution in [0.5, 0.6) is 0 Å². The van der Waals surface area contributed by atoms with Crippen molar-refractivity contribution in [3.05, 3.63) is 48.7 Å². The van der Waals surface area contributed by atoms with E-state index in [2.05, 4.69) is 37.5 Å². The zero-order valence-corrected chi connectivity index (χ0v) is 14.1. The van der Waals surface area contributed by atoms with E-state index in [1.54, 1.807) is 17.1 Å². The highest BCUT2D eigenvalue weighted by Gasteiger charge is 2.08. The lowest BCUT2D eigenvalue weighted by molar-refractivity contribution is 0.775. The zero-order chi connectivity index (χ0) is 17.2. The van der Waals surface area contributed by atoms with Gasteiger partial charge in [-0.25, -0.2) is 9.97 Å². The number of anilines is 2. The van der Waals surface area contributed by atoms with Crippen LogP contribution in [0.15, 0.2) is 42.9 Å². The topological polar surface area (TPSA) is 85.8 Å². The van der Waals surface area contributed by atoms with Crippen molar-refractivity contribution in [3.8, 4) is 11.3 Å². The summed E-state index contributed by atoms with van der Waals surface area (Å²) in [6.45, 7) is 2.13. The molecule has 4 heterocycles. The average Bonchev–Trinajstić information content (AvgIpc) is 3.22. The average molecular weight is 334 g/mol. The zero-order valence-electron chi connectivity index (χ0n) is 14.1. The molecule has 0 aliphatic rings. The Hall–Kier alpha value is -3.29. The number of aryl methyl sites for hydroxylation is 2. The number of rotatable bonds is 5. The molecule has 0 atom stereocenters. The van der Waals surface area contributed by atoms with E-state index in [0.29, 0.717) is 5.95 Å². The first-order valence-electron chi connectivity index (χ1n) is 8.16. The van der Waals surface area contributed by atoms with Crippen LogP contribution in [0.3, 0.4) is 0 Å². The van der Waals surface area contributed by atoms with Gasteiger partial charge < -0.3 is 5.32 Å². The van der Waals surface area contributed by atoms with Crippen molar-refractivity contribution in [3.63, 3.8) is 0 Å². The standard InChI is InChI=1S/C17H18N8/c1-3-4-15-22-23-16-11-12(7-10-25(15)16)13-5-8-18-17(20-13)21-14-6-9-19-24(14)2/h5-11H,3-4H2,1-2H3,(H,18,20,21). The highest BCUT2D eigenvalue weighted by atomic mass is 15.3. The summed E-state index contributed by atoms with van der Waals surface area (Å²) < 4.78 is 3.75. The minimum atomic E-state index is 0.522. The van der Waals surface area contributed by atoms with Crippen LogP contribution in [-0.2, 0) is 13.5 Å². The number of fused-ring (bicyclic) bond motifs is 1. The van der Waals surface area contributed by atoms with Gasteiger partial charge in [-0.05, 0) is 24.6 Å². The number of hydrogen-bond donors (Lipinski definition) is 1. The molecule has 0 aliphatic heterocycles. The van der Waals surface area contributed by atoms with Crippen LogP contribution in [0, 0.1) is 0 Å². The van der Waals surface area contributed by atoms with Crippen LogP contribution in [-0.4, -0.2) is 34.3 Å². The number of nitrogens with zero attached hydrogens (tertiary/aromatic N) is 7. The third kappa shape index (κ3) is 2.93. The van der Waals surface area contributed by atoms with E-state index in [1.165, 1.54) is 0 Å². The lowest BCUT2D eigenvalue weighted by Crippen LogP contribution is -2.03. The Morgan fingerprint density at radius 2 is 2.04 bits per heavy atom. The fourth-order valence-electron chi connectivity index (χ4n) is 2.68. The van der Waals surface area contributed by atoms with E-state index >= 15 is 0 Å². The number of nitrogens with one attached hydrogen (secondary N) is 1. The minimum absolute atomic E-state index is 0.522. The molecule has 0 amide bonds. The van der Waals surface area contributed by atoms with Gasteiger partial charge in [0.1, 0.15) is 11.6 Å². The summed E-state index contributed by atoms with van der Waals surface area (Å²) >= 11 is 0. The van der Waals surface area contributed by atoms with Crippen LogP contribution in [0.25, 0.3) is 16.9 Å². The van der Waals surface area contributed by atoms with E-state index in [9.17, 15) is 0 Å². The van der Waals surface area contributed by atoms with Crippen molar-refractivity contribution >= 4 is 17.4 Å². The molecule has 1 N–H and O–H groups in total. The Bertz CT molecular complexity index is 1020. The van der Waals surface area contributed by atoms with Crippen molar-refractivity contribution in [1.82, 2.24) is 34.3 Å². The Balaban J connectivity index is 1.66. The normalized spacial score (nSPS) is 11.1. The molecular formula is C17H18N8. The quantitative estimate of drug-likeness (QED) is 0.604. The van der Waals surface area contributed by atoms with Gasteiger partial charge in [0.2, 0.25) is 5.95 Å². The van der Waals surface area contributed by atoms with E-state index in [0.717, 1.165) is 41.4 Å². The molecule has 8 heteroatoms. The third-order valence-electron chi connectivity index (χ3n) is 3.97. The maximum atomic E-state index is 4.59. The second-order valence-electron chi connectivity index (χ2n) is 5.74. The van der Waals surface area contributed by atoms with Crippen LogP contribution in [0.4, 0.5) is 11.8 Å². The lowest BCUT2D eigenvalue weighted by atomic mass is 10.2. The molecule has 25 heavy (non-hydrogen) atoms. The van der Waals surface area contributed by atoms with Crippen LogP contribution in [0.2, 0.25) is 0 Å². The predicted octanol–water partition coefficient (Wildman–Crippen LogP) is 2.62. The summed E-state index contributed by atoms with van der Waals surface area (Å²) in [5.74, 6) is 2.33. The van der Waals surface area contributed by atoms with Crippen LogP contribution < -0.4 is 5.32 Å². The number of hydrogen-bond acceptors (Lipinski definition) is 6. The summed E-state index contributed by atoms with van der Waals surface area (Å²) in [6.07, 6.45) is 7.40. The fourth-order valence-corrected chi connectivity index (χ4v) is 2.68. The van der Waals surface area contributed by atoms with Gasteiger partial charge in [0.25, 0.3) is 0 Å². The third-order valence-corrected chi connectivity index (χ3v) is 3.97. The van der Waals surface area contributed by atoms with E-state index in [4.69, 9.17) is 0 Å². The van der Waals surface area contributed by atoms with Crippen molar-refractivity contribution in [2.24, 2.45) is 7.05 Å². The van der Waals surface area contributed by atoms with Gasteiger partial charge in [-0.2, -0.15) is 5.10 Å². The number of pyridine rings is 1. The van der Waals surface area contributed by atoms with Crippen LogP contribution in [0.1, 0.15) is 19.2 Å². The smallest absolute Gasteiger partial charge is 0.228 e. The van der Waals surface area contributed by atoms with Gasteiger partial charge in [-0.15, -0.1) is 10.2 Å². The van der Waals surface area contributed by atoms with Crippen LogP contribution >= 0.6 is 0 Å². The Morgan fingerprint density at radius 1 is 1.12 bits per heavy atom. The largest absolute Gasteiger partial charge is 0.309 e. The van der Waals surface area contributed by atoms with E-state index < -0.39 is 0 Å². The molecule has 8 nitrogen and oxygen atoms in total. The second kappa shape index (κ2) is 6.31. The summed E-state index contributed by atoms with van der Waals surface area (Å²) in [4.78, 5) is 8.86. The van der Waals surface area contributed by atoms with Gasteiger partial charge in [0.15, 0.2) is 5.65 Å². The van der Waals surface area contributed by atoms with Crippen molar-refractivity contribution in [2.45, 2.75) is 19.8 Å². The maximum absolute atomic E-state index is 4.59. The monoisotopic (exact) mass is 334 g/mol. The van der Waals surface area contributed by atoms with Crippen molar-refractivity contribution in [2.75, 3.05) is 5.32 Å². The molecule has 0 saturated heterocycles. The molecule has 0 bridgehead atoms. The molecule has 0 fully saturated rings. The van der Waals surface area contributed by atoms with Gasteiger partial charge in [-0.3, -0.25) is 9.08 Å². The Kier molecular flexibility index (Phi) is 3.85. The molecule has 0 saturated carbocycles. The van der Waals surface area contributed by atoms with E-state index in [-0.39, 0.29) is 0 Å². The van der Waals surface area contributed by atoms with Crippen molar-refractivity contribution < 1.29 is 0 Å². The maximum Gasteiger partial charge on any atom is 0.228 e. The first-order chi connectivity index (χ1) is 12.2. The molecule has 0 unspecified atom stereocenters. The molecule has 4 aromatic heterocycles. The Morgan fingerprint density at radius 3 is 2.84 bits per heavy atom. The lowest BCUT2D eigenvalue weighted by Gasteiger charge is -2.07. The summed E-state index contributed by atoms with van der Waals surface area (Å²) in [7, 11) is 1.86. The summed E-state index contributed by atoms with van der Waals surface area (Å²) in [5.41, 5.74) is 2.61. The fraction of sp³-hybridized carbons (Fsp3) is 0.235. The molecule has 0 spiro atoms. The molecule has 0 radical (unpaired) electrons.